The molecule has 0 saturated carbocycles. The van der Waals surface area contributed by atoms with E-state index in [0.717, 1.165) is 24.2 Å². The van der Waals surface area contributed by atoms with E-state index in [-0.39, 0.29) is 5.91 Å². The highest BCUT2D eigenvalue weighted by Gasteiger charge is 2.08. The fourth-order valence-corrected chi connectivity index (χ4v) is 1.92. The van der Waals surface area contributed by atoms with Gasteiger partial charge in [-0.05, 0) is 58.6 Å². The number of aryl methyl sites for hydroxylation is 1. The minimum Gasteiger partial charge on any atom is -0.325 e. The third-order valence-corrected chi connectivity index (χ3v) is 3.33. The topological polar surface area (TPSA) is 44.4 Å². The summed E-state index contributed by atoms with van der Waals surface area (Å²) in [7, 11) is 4.09. The first-order chi connectivity index (χ1) is 9.38. The Morgan fingerprint density at radius 3 is 2.75 bits per heavy atom. The molecule has 4 nitrogen and oxygen atoms in total. The van der Waals surface area contributed by atoms with Crippen LogP contribution in [-0.4, -0.2) is 44.0 Å². The number of nitrogens with zero attached hydrogens (tertiary/aromatic N) is 1. The number of anilines is 1. The average Bonchev–Trinajstić information content (AvgIpc) is 2.38. The first kappa shape index (κ1) is 17.0. The minimum absolute atomic E-state index is 0.0490. The van der Waals surface area contributed by atoms with Crippen molar-refractivity contribution in [3.05, 3.63) is 28.8 Å². The van der Waals surface area contributed by atoms with Crippen LogP contribution < -0.4 is 10.6 Å². The Labute approximate surface area is 126 Å². The number of rotatable bonds is 7. The molecule has 1 amide bonds. The molecule has 1 rings (SSSR count). The molecule has 0 aliphatic heterocycles. The molecule has 0 spiro atoms. The molecule has 1 atom stereocenters. The zero-order chi connectivity index (χ0) is 15.1. The third-order valence-electron chi connectivity index (χ3n) is 3.09. The molecule has 1 aromatic carbocycles. The molecule has 0 heterocycles. The fraction of sp³-hybridized carbons (Fsp3) is 0.533. The zero-order valence-corrected chi connectivity index (χ0v) is 13.4. The van der Waals surface area contributed by atoms with Crippen molar-refractivity contribution in [1.82, 2.24) is 10.2 Å². The number of halogens is 1. The lowest BCUT2D eigenvalue weighted by molar-refractivity contribution is -0.115. The molecule has 1 unspecified atom stereocenters. The number of hydrogen-bond acceptors (Lipinski definition) is 3. The summed E-state index contributed by atoms with van der Waals surface area (Å²) in [5.41, 5.74) is 1.77. The number of carbonyl (C=O) groups is 1. The quantitative estimate of drug-likeness (QED) is 0.813. The van der Waals surface area contributed by atoms with Gasteiger partial charge in [-0.1, -0.05) is 17.7 Å². The molecule has 0 saturated heterocycles. The predicted octanol–water partition coefficient (Wildman–Crippen LogP) is 2.52. The molecule has 112 valence electrons. The highest BCUT2D eigenvalue weighted by molar-refractivity contribution is 6.31. The van der Waals surface area contributed by atoms with Crippen LogP contribution in [0.1, 0.15) is 18.9 Å². The van der Waals surface area contributed by atoms with E-state index in [9.17, 15) is 4.79 Å². The molecule has 0 aromatic heterocycles. The maximum atomic E-state index is 11.9. The zero-order valence-electron chi connectivity index (χ0n) is 12.7. The Morgan fingerprint density at radius 2 is 2.10 bits per heavy atom. The van der Waals surface area contributed by atoms with Gasteiger partial charge in [0, 0.05) is 16.8 Å². The predicted molar refractivity (Wildman–Crippen MR) is 85.5 cm³/mol. The van der Waals surface area contributed by atoms with Crippen LogP contribution in [0.3, 0.4) is 0 Å². The van der Waals surface area contributed by atoms with E-state index in [1.54, 1.807) is 6.07 Å². The van der Waals surface area contributed by atoms with Gasteiger partial charge in [-0.2, -0.15) is 0 Å². The average molecular weight is 298 g/mol. The second-order valence-electron chi connectivity index (χ2n) is 5.38. The maximum absolute atomic E-state index is 11.9. The van der Waals surface area contributed by atoms with Gasteiger partial charge in [0.05, 0.1) is 6.54 Å². The Bertz CT molecular complexity index is 449. The van der Waals surface area contributed by atoms with Crippen LogP contribution >= 0.6 is 11.6 Å². The van der Waals surface area contributed by atoms with Crippen molar-refractivity contribution < 1.29 is 4.79 Å². The molecule has 2 N–H and O–H groups in total. The lowest BCUT2D eigenvalue weighted by Gasteiger charge is -2.16. The number of nitrogens with one attached hydrogen (secondary N) is 2. The van der Waals surface area contributed by atoms with Crippen LogP contribution in [-0.2, 0) is 4.79 Å². The van der Waals surface area contributed by atoms with Gasteiger partial charge < -0.3 is 15.5 Å². The number of carbonyl (C=O) groups excluding carboxylic acids is 1. The highest BCUT2D eigenvalue weighted by atomic mass is 35.5. The van der Waals surface area contributed by atoms with Gasteiger partial charge in [-0.25, -0.2) is 0 Å². The third kappa shape index (κ3) is 6.37. The van der Waals surface area contributed by atoms with Crippen molar-refractivity contribution in [3.63, 3.8) is 0 Å². The molecule has 0 radical (unpaired) electrons. The summed E-state index contributed by atoms with van der Waals surface area (Å²) in [6.45, 7) is 5.34. The van der Waals surface area contributed by atoms with E-state index in [2.05, 4.69) is 22.5 Å². The second-order valence-corrected chi connectivity index (χ2v) is 5.82. The summed E-state index contributed by atoms with van der Waals surface area (Å²) in [6.07, 6.45) is 1.01. The summed E-state index contributed by atoms with van der Waals surface area (Å²) < 4.78 is 0. The Hall–Kier alpha value is -1.10. The fourth-order valence-electron chi connectivity index (χ4n) is 1.74. The minimum atomic E-state index is -0.0490. The lowest BCUT2D eigenvalue weighted by atomic mass is 10.2. The largest absolute Gasteiger partial charge is 0.325 e. The van der Waals surface area contributed by atoms with Crippen molar-refractivity contribution in [2.75, 3.05) is 32.5 Å². The standard InChI is InChI=1S/C15H24ClN3O/c1-11-5-6-13(16)9-14(11)18-15(20)10-17-12(2)7-8-19(3)4/h5-6,9,12,17H,7-8,10H2,1-4H3,(H,18,20). The van der Waals surface area contributed by atoms with Crippen LogP contribution in [0.25, 0.3) is 0 Å². The number of amides is 1. The van der Waals surface area contributed by atoms with Crippen LogP contribution in [0.5, 0.6) is 0 Å². The Kier molecular flexibility index (Phi) is 6.99. The smallest absolute Gasteiger partial charge is 0.238 e. The maximum Gasteiger partial charge on any atom is 0.238 e. The molecule has 5 heteroatoms. The molecule has 0 aliphatic rings. The van der Waals surface area contributed by atoms with E-state index in [1.165, 1.54) is 0 Å². The van der Waals surface area contributed by atoms with Crippen molar-refractivity contribution >= 4 is 23.2 Å². The Balaban J connectivity index is 2.38. The molecule has 20 heavy (non-hydrogen) atoms. The SMILES string of the molecule is Cc1ccc(Cl)cc1NC(=O)CNC(C)CCN(C)C. The van der Waals surface area contributed by atoms with Gasteiger partial charge >= 0.3 is 0 Å². The van der Waals surface area contributed by atoms with E-state index in [4.69, 9.17) is 11.6 Å². The van der Waals surface area contributed by atoms with Gasteiger partial charge in [-0.15, -0.1) is 0 Å². The number of benzene rings is 1. The Morgan fingerprint density at radius 1 is 1.40 bits per heavy atom. The monoisotopic (exact) mass is 297 g/mol. The molecule has 0 bridgehead atoms. The van der Waals surface area contributed by atoms with Gasteiger partial charge in [0.25, 0.3) is 0 Å². The van der Waals surface area contributed by atoms with Gasteiger partial charge in [0.15, 0.2) is 0 Å². The van der Waals surface area contributed by atoms with E-state index in [1.807, 2.05) is 33.2 Å². The van der Waals surface area contributed by atoms with Crippen LogP contribution in [0.4, 0.5) is 5.69 Å². The molecular weight excluding hydrogens is 274 g/mol. The van der Waals surface area contributed by atoms with E-state index >= 15 is 0 Å². The van der Waals surface area contributed by atoms with Gasteiger partial charge in [0.1, 0.15) is 0 Å². The second kappa shape index (κ2) is 8.25. The van der Waals surface area contributed by atoms with E-state index in [0.29, 0.717) is 17.6 Å². The summed E-state index contributed by atoms with van der Waals surface area (Å²) in [6, 6.07) is 5.78. The lowest BCUT2D eigenvalue weighted by Crippen LogP contribution is -2.36. The summed E-state index contributed by atoms with van der Waals surface area (Å²) in [4.78, 5) is 14.0. The van der Waals surface area contributed by atoms with Gasteiger partial charge in [-0.3, -0.25) is 4.79 Å². The molecule has 0 aliphatic carbocycles. The van der Waals surface area contributed by atoms with Crippen molar-refractivity contribution in [2.24, 2.45) is 0 Å². The van der Waals surface area contributed by atoms with Crippen molar-refractivity contribution in [1.29, 1.82) is 0 Å². The van der Waals surface area contributed by atoms with Crippen LogP contribution in [0, 0.1) is 6.92 Å². The molecule has 0 fully saturated rings. The summed E-state index contributed by atoms with van der Waals surface area (Å²) in [5.74, 6) is -0.0490. The van der Waals surface area contributed by atoms with E-state index < -0.39 is 0 Å². The first-order valence-corrected chi connectivity index (χ1v) is 7.20. The van der Waals surface area contributed by atoms with Crippen LogP contribution in [0.2, 0.25) is 5.02 Å². The summed E-state index contributed by atoms with van der Waals surface area (Å²) in [5, 5.41) is 6.72. The molecule has 1 aromatic rings. The number of hydrogen-bond donors (Lipinski definition) is 2. The van der Waals surface area contributed by atoms with Crippen LogP contribution in [0.15, 0.2) is 18.2 Å². The summed E-state index contributed by atoms with van der Waals surface area (Å²) >= 11 is 5.93. The first-order valence-electron chi connectivity index (χ1n) is 6.82. The van der Waals surface area contributed by atoms with Crippen molar-refractivity contribution in [2.45, 2.75) is 26.3 Å². The van der Waals surface area contributed by atoms with Gasteiger partial charge in [0.2, 0.25) is 5.91 Å². The normalized spacial score (nSPS) is 12.5. The van der Waals surface area contributed by atoms with Crippen molar-refractivity contribution in [3.8, 4) is 0 Å². The highest BCUT2D eigenvalue weighted by Crippen LogP contribution is 2.19. The molecular formula is C15H24ClN3O.